The number of nitrogen functional groups attached to an aromatic ring is 1. The normalized spacial score (nSPS) is 10.6. The van der Waals surface area contributed by atoms with E-state index >= 15 is 0 Å². The molecule has 0 bridgehead atoms. The summed E-state index contributed by atoms with van der Waals surface area (Å²) >= 11 is 4.45. The van der Waals surface area contributed by atoms with Crippen LogP contribution >= 0.6 is 27.3 Å². The van der Waals surface area contributed by atoms with Gasteiger partial charge in [-0.3, -0.25) is 10.1 Å². The van der Waals surface area contributed by atoms with E-state index in [1.807, 2.05) is 6.07 Å². The van der Waals surface area contributed by atoms with Crippen molar-refractivity contribution in [2.75, 3.05) is 5.73 Å². The molecule has 0 unspecified atom stereocenters. The van der Waals surface area contributed by atoms with E-state index in [4.69, 9.17) is 5.73 Å². The Hall–Kier alpha value is -1.14. The summed E-state index contributed by atoms with van der Waals surface area (Å²) in [6, 6.07) is 5.03. The second kappa shape index (κ2) is 3.21. The predicted molar refractivity (Wildman–Crippen MR) is 60.6 cm³/mol. The number of nitrogens with zero attached hydrogens (tertiary/aromatic N) is 1. The first-order chi connectivity index (χ1) is 6.58. The van der Waals surface area contributed by atoms with Crippen molar-refractivity contribution in [1.29, 1.82) is 0 Å². The zero-order valence-corrected chi connectivity index (χ0v) is 9.26. The van der Waals surface area contributed by atoms with Gasteiger partial charge in [-0.1, -0.05) is 15.9 Å². The summed E-state index contributed by atoms with van der Waals surface area (Å²) in [6.07, 6.45) is 0. The number of benzene rings is 1. The summed E-state index contributed by atoms with van der Waals surface area (Å²) in [5.74, 6) is 0. The number of nitro groups is 1. The van der Waals surface area contributed by atoms with E-state index in [-0.39, 0.29) is 5.69 Å². The molecule has 72 valence electrons. The molecule has 1 aromatic carbocycles. The maximum absolute atomic E-state index is 10.7. The second-order valence-electron chi connectivity index (χ2n) is 2.75. The number of thiophene rings is 1. The van der Waals surface area contributed by atoms with E-state index in [1.165, 1.54) is 17.4 Å². The van der Waals surface area contributed by atoms with Crippen LogP contribution in [0.5, 0.6) is 0 Å². The van der Waals surface area contributed by atoms with Crippen molar-refractivity contribution in [2.24, 2.45) is 0 Å². The molecule has 2 rings (SSSR count). The lowest BCUT2D eigenvalue weighted by Gasteiger charge is -1.94. The van der Waals surface area contributed by atoms with Gasteiger partial charge in [0, 0.05) is 15.9 Å². The molecule has 0 saturated carbocycles. The first-order valence-electron chi connectivity index (χ1n) is 3.71. The van der Waals surface area contributed by atoms with Crippen LogP contribution in [0.4, 0.5) is 10.7 Å². The first kappa shape index (κ1) is 9.42. The van der Waals surface area contributed by atoms with Gasteiger partial charge in [-0.15, -0.1) is 11.3 Å². The van der Waals surface area contributed by atoms with Crippen LogP contribution in [0.15, 0.2) is 22.7 Å². The Kier molecular flexibility index (Phi) is 2.16. The Morgan fingerprint density at radius 2 is 2.14 bits per heavy atom. The van der Waals surface area contributed by atoms with Crippen molar-refractivity contribution in [3.8, 4) is 0 Å². The van der Waals surface area contributed by atoms with Gasteiger partial charge < -0.3 is 5.73 Å². The third-order valence-corrected chi connectivity index (χ3v) is 3.24. The van der Waals surface area contributed by atoms with Crippen LogP contribution in [0.25, 0.3) is 10.1 Å². The van der Waals surface area contributed by atoms with Gasteiger partial charge >= 0.3 is 0 Å². The molecule has 0 radical (unpaired) electrons. The SMILES string of the molecule is Nc1cc2cc(Br)cc([N+](=O)[O-])c2s1. The average Bonchev–Trinajstić information content (AvgIpc) is 2.42. The summed E-state index contributed by atoms with van der Waals surface area (Å²) < 4.78 is 1.31. The zero-order valence-electron chi connectivity index (χ0n) is 6.86. The van der Waals surface area contributed by atoms with E-state index < -0.39 is 4.92 Å². The molecule has 14 heavy (non-hydrogen) atoms. The Morgan fingerprint density at radius 1 is 1.43 bits per heavy atom. The van der Waals surface area contributed by atoms with Gasteiger partial charge in [-0.2, -0.15) is 0 Å². The summed E-state index contributed by atoms with van der Waals surface area (Å²) in [5, 5.41) is 12.1. The summed E-state index contributed by atoms with van der Waals surface area (Å²) in [6.45, 7) is 0. The molecule has 0 fully saturated rings. The minimum absolute atomic E-state index is 0.0936. The highest BCUT2D eigenvalue weighted by molar-refractivity contribution is 9.10. The van der Waals surface area contributed by atoms with E-state index in [1.54, 1.807) is 6.07 Å². The number of hydrogen-bond donors (Lipinski definition) is 1. The maximum Gasteiger partial charge on any atom is 0.288 e. The van der Waals surface area contributed by atoms with Crippen LogP contribution in [-0.2, 0) is 0 Å². The van der Waals surface area contributed by atoms with Gasteiger partial charge in [0.05, 0.1) is 9.92 Å². The molecule has 0 atom stereocenters. The molecule has 0 aliphatic carbocycles. The van der Waals surface area contributed by atoms with Crippen LogP contribution < -0.4 is 5.73 Å². The molecule has 2 aromatic rings. The summed E-state index contributed by atoms with van der Waals surface area (Å²) in [4.78, 5) is 10.3. The first-order valence-corrected chi connectivity index (χ1v) is 5.32. The highest BCUT2D eigenvalue weighted by atomic mass is 79.9. The lowest BCUT2D eigenvalue weighted by atomic mass is 10.2. The van der Waals surface area contributed by atoms with E-state index in [0.29, 0.717) is 14.2 Å². The lowest BCUT2D eigenvalue weighted by Crippen LogP contribution is -1.87. The highest BCUT2D eigenvalue weighted by Crippen LogP contribution is 2.37. The molecule has 1 aromatic heterocycles. The molecular weight excluding hydrogens is 268 g/mol. The number of rotatable bonds is 1. The number of fused-ring (bicyclic) bond motifs is 1. The summed E-state index contributed by atoms with van der Waals surface area (Å²) in [5.41, 5.74) is 5.68. The van der Waals surface area contributed by atoms with Gasteiger partial charge in [-0.25, -0.2) is 0 Å². The number of non-ortho nitro benzene ring substituents is 1. The predicted octanol–water partition coefficient (Wildman–Crippen LogP) is 3.15. The van der Waals surface area contributed by atoms with Crippen LogP contribution in [0.1, 0.15) is 0 Å². The van der Waals surface area contributed by atoms with Crippen LogP contribution in [0.3, 0.4) is 0 Å². The quantitative estimate of drug-likeness (QED) is 0.641. The Bertz CT molecular complexity index is 523. The molecule has 0 amide bonds. The van der Waals surface area contributed by atoms with Crippen molar-refractivity contribution < 1.29 is 4.92 Å². The van der Waals surface area contributed by atoms with Gasteiger partial charge in [0.25, 0.3) is 5.69 Å². The number of hydrogen-bond acceptors (Lipinski definition) is 4. The van der Waals surface area contributed by atoms with E-state index in [0.717, 1.165) is 5.39 Å². The molecule has 0 aliphatic rings. The second-order valence-corrected chi connectivity index (χ2v) is 4.75. The maximum atomic E-state index is 10.7. The average molecular weight is 273 g/mol. The lowest BCUT2D eigenvalue weighted by molar-refractivity contribution is -0.382. The summed E-state index contributed by atoms with van der Waals surface area (Å²) in [7, 11) is 0. The standard InChI is InChI=1S/C8H5BrN2O2S/c9-5-1-4-2-7(10)14-8(4)6(3-5)11(12)13/h1-3H,10H2. The van der Waals surface area contributed by atoms with E-state index in [9.17, 15) is 10.1 Å². The number of halogens is 1. The van der Waals surface area contributed by atoms with Crippen molar-refractivity contribution in [1.82, 2.24) is 0 Å². The molecule has 6 heteroatoms. The fraction of sp³-hybridized carbons (Fsp3) is 0. The molecule has 0 saturated heterocycles. The van der Waals surface area contributed by atoms with Gasteiger partial charge in [0.2, 0.25) is 0 Å². The monoisotopic (exact) mass is 272 g/mol. The van der Waals surface area contributed by atoms with Gasteiger partial charge in [-0.05, 0) is 12.1 Å². The molecule has 0 aliphatic heterocycles. The largest absolute Gasteiger partial charge is 0.391 e. The third kappa shape index (κ3) is 1.46. The number of nitro benzene ring substituents is 1. The van der Waals surface area contributed by atoms with Crippen molar-refractivity contribution in [3.05, 3.63) is 32.8 Å². The zero-order chi connectivity index (χ0) is 10.3. The molecule has 2 N–H and O–H groups in total. The Morgan fingerprint density at radius 3 is 2.79 bits per heavy atom. The molecule has 0 spiro atoms. The minimum atomic E-state index is -0.400. The van der Waals surface area contributed by atoms with Gasteiger partial charge in [0.1, 0.15) is 4.70 Å². The van der Waals surface area contributed by atoms with Crippen molar-refractivity contribution in [3.63, 3.8) is 0 Å². The third-order valence-electron chi connectivity index (χ3n) is 1.78. The Balaban J connectivity index is 2.85. The van der Waals surface area contributed by atoms with Crippen molar-refractivity contribution >= 4 is 48.0 Å². The van der Waals surface area contributed by atoms with E-state index in [2.05, 4.69) is 15.9 Å². The van der Waals surface area contributed by atoms with Gasteiger partial charge in [0.15, 0.2) is 0 Å². The number of nitrogens with two attached hydrogens (primary N) is 1. The number of anilines is 1. The van der Waals surface area contributed by atoms with Crippen molar-refractivity contribution in [2.45, 2.75) is 0 Å². The fourth-order valence-corrected chi connectivity index (χ4v) is 2.61. The topological polar surface area (TPSA) is 69.2 Å². The van der Waals surface area contributed by atoms with Crippen LogP contribution in [0, 0.1) is 10.1 Å². The highest BCUT2D eigenvalue weighted by Gasteiger charge is 2.15. The molecular formula is C8H5BrN2O2S. The van der Waals surface area contributed by atoms with Crippen LogP contribution in [-0.4, -0.2) is 4.92 Å². The molecule has 1 heterocycles. The molecule has 4 nitrogen and oxygen atoms in total. The fourth-order valence-electron chi connectivity index (χ4n) is 1.25. The van der Waals surface area contributed by atoms with Crippen LogP contribution in [0.2, 0.25) is 0 Å². The minimum Gasteiger partial charge on any atom is -0.391 e. The Labute approximate surface area is 91.6 Å². The smallest absolute Gasteiger partial charge is 0.288 e.